The predicted octanol–water partition coefficient (Wildman–Crippen LogP) is 6.68. The molecule has 0 aliphatic heterocycles. The Kier molecular flexibility index (Phi) is 6.63. The molecule has 0 radical (unpaired) electrons. The lowest BCUT2D eigenvalue weighted by Gasteiger charge is -2.15. The molecule has 0 saturated heterocycles. The van der Waals surface area contributed by atoms with Gasteiger partial charge in [-0.2, -0.15) is 0 Å². The van der Waals surface area contributed by atoms with Crippen LogP contribution in [-0.4, -0.2) is 19.7 Å². The number of nitrogens with zero attached hydrogens (tertiary/aromatic N) is 4. The number of ether oxygens (including phenoxy) is 1. The minimum Gasteiger partial charge on any atom is -0.481 e. The predicted molar refractivity (Wildman–Crippen MR) is 124 cm³/mol. The first-order chi connectivity index (χ1) is 14.5. The summed E-state index contributed by atoms with van der Waals surface area (Å²) in [5, 5.41) is 13.7. The van der Waals surface area contributed by atoms with Gasteiger partial charge < -0.3 is 9.30 Å². The van der Waals surface area contributed by atoms with E-state index in [1.165, 1.54) is 0 Å². The Bertz CT molecular complexity index is 1160. The van der Waals surface area contributed by atoms with Crippen molar-refractivity contribution in [3.8, 4) is 16.3 Å². The minimum atomic E-state index is -0.289. The molecule has 0 saturated carbocycles. The molecule has 9 heteroatoms. The first-order valence-electron chi connectivity index (χ1n) is 9.15. The van der Waals surface area contributed by atoms with Crippen LogP contribution in [0.15, 0.2) is 59.1 Å². The van der Waals surface area contributed by atoms with Gasteiger partial charge in [-0.25, -0.2) is 4.98 Å². The summed E-state index contributed by atoms with van der Waals surface area (Å²) < 4.78 is 7.90. The number of benzene rings is 2. The normalized spacial score (nSPS) is 12.1. The SMILES string of the molecule is CC(Oc1ccccc1Cl)c1nnc(SCc2csc(-c3ccccc3Cl)n2)n1C. The van der Waals surface area contributed by atoms with E-state index in [0.29, 0.717) is 21.5 Å². The average Bonchev–Trinajstić information content (AvgIpc) is 3.35. The van der Waals surface area contributed by atoms with Gasteiger partial charge in [-0.05, 0) is 25.1 Å². The second-order valence-corrected chi connectivity index (χ2v) is 9.12. The van der Waals surface area contributed by atoms with Crippen molar-refractivity contribution in [3.05, 3.63) is 75.5 Å². The maximum atomic E-state index is 6.28. The van der Waals surface area contributed by atoms with Crippen molar-refractivity contribution in [1.29, 1.82) is 0 Å². The number of hydrogen-bond acceptors (Lipinski definition) is 6. The van der Waals surface area contributed by atoms with Crippen LogP contribution in [0.3, 0.4) is 0 Å². The fourth-order valence-electron chi connectivity index (χ4n) is 2.86. The van der Waals surface area contributed by atoms with Crippen molar-refractivity contribution >= 4 is 46.3 Å². The Morgan fingerprint density at radius 3 is 2.57 bits per heavy atom. The lowest BCUT2D eigenvalue weighted by atomic mass is 10.2. The van der Waals surface area contributed by atoms with E-state index in [1.807, 2.05) is 66.4 Å². The van der Waals surface area contributed by atoms with Crippen LogP contribution >= 0.6 is 46.3 Å². The summed E-state index contributed by atoms with van der Waals surface area (Å²) in [5.41, 5.74) is 1.93. The van der Waals surface area contributed by atoms with Gasteiger partial charge in [0.05, 0.1) is 15.7 Å². The zero-order valence-electron chi connectivity index (χ0n) is 16.3. The van der Waals surface area contributed by atoms with Crippen LogP contribution in [0.2, 0.25) is 10.0 Å². The zero-order valence-corrected chi connectivity index (χ0v) is 19.4. The summed E-state index contributed by atoms with van der Waals surface area (Å²) in [5.74, 6) is 2.04. The van der Waals surface area contributed by atoms with Crippen molar-refractivity contribution < 1.29 is 4.74 Å². The first-order valence-corrected chi connectivity index (χ1v) is 11.8. The highest BCUT2D eigenvalue weighted by Gasteiger charge is 2.18. The van der Waals surface area contributed by atoms with Crippen LogP contribution in [0.5, 0.6) is 5.75 Å². The molecule has 30 heavy (non-hydrogen) atoms. The maximum absolute atomic E-state index is 6.28. The summed E-state index contributed by atoms with van der Waals surface area (Å²) in [4.78, 5) is 4.71. The lowest BCUT2D eigenvalue weighted by Crippen LogP contribution is -2.10. The molecule has 0 N–H and O–H groups in total. The number of halogens is 2. The molecule has 154 valence electrons. The van der Waals surface area contributed by atoms with Gasteiger partial charge >= 0.3 is 0 Å². The zero-order chi connectivity index (χ0) is 21.1. The number of para-hydroxylation sites is 1. The summed E-state index contributed by atoms with van der Waals surface area (Å²) in [6, 6.07) is 15.1. The number of aromatic nitrogens is 4. The first kappa shape index (κ1) is 21.2. The molecule has 4 rings (SSSR count). The minimum absolute atomic E-state index is 0.289. The van der Waals surface area contributed by atoms with E-state index in [1.54, 1.807) is 29.2 Å². The maximum Gasteiger partial charge on any atom is 0.191 e. The third-order valence-corrected chi connectivity index (χ3v) is 7.00. The van der Waals surface area contributed by atoms with Crippen LogP contribution in [0, 0.1) is 0 Å². The second-order valence-electron chi connectivity index (χ2n) is 6.50. The van der Waals surface area contributed by atoms with Gasteiger partial charge in [0.25, 0.3) is 0 Å². The lowest BCUT2D eigenvalue weighted by molar-refractivity contribution is 0.211. The largest absolute Gasteiger partial charge is 0.481 e. The van der Waals surface area contributed by atoms with Gasteiger partial charge in [-0.3, -0.25) is 0 Å². The van der Waals surface area contributed by atoms with Gasteiger partial charge in [0.15, 0.2) is 17.1 Å². The van der Waals surface area contributed by atoms with E-state index in [4.69, 9.17) is 32.9 Å². The highest BCUT2D eigenvalue weighted by atomic mass is 35.5. The van der Waals surface area contributed by atoms with Gasteiger partial charge in [0.1, 0.15) is 10.8 Å². The summed E-state index contributed by atoms with van der Waals surface area (Å²) in [7, 11) is 1.93. The highest BCUT2D eigenvalue weighted by Crippen LogP contribution is 2.32. The molecule has 0 bridgehead atoms. The van der Waals surface area contributed by atoms with E-state index < -0.39 is 0 Å². The Labute approximate surface area is 193 Å². The Morgan fingerprint density at radius 1 is 1.07 bits per heavy atom. The molecule has 0 fully saturated rings. The average molecular weight is 477 g/mol. The molecule has 0 amide bonds. The van der Waals surface area contributed by atoms with Crippen LogP contribution in [0.4, 0.5) is 0 Å². The van der Waals surface area contributed by atoms with E-state index in [2.05, 4.69) is 10.2 Å². The van der Waals surface area contributed by atoms with Crippen molar-refractivity contribution in [1.82, 2.24) is 19.7 Å². The Morgan fingerprint density at radius 2 is 1.80 bits per heavy atom. The summed E-state index contributed by atoms with van der Waals surface area (Å²) in [6.07, 6.45) is -0.289. The molecule has 4 aromatic rings. The molecular formula is C21H18Cl2N4OS2. The third-order valence-electron chi connectivity index (χ3n) is 4.38. The summed E-state index contributed by atoms with van der Waals surface area (Å²) >= 11 is 15.6. The van der Waals surface area contributed by atoms with Gasteiger partial charge in [-0.1, -0.05) is 65.3 Å². The van der Waals surface area contributed by atoms with Crippen LogP contribution in [0.25, 0.3) is 10.6 Å². The quantitative estimate of drug-likeness (QED) is 0.278. The fourth-order valence-corrected chi connectivity index (χ4v) is 5.10. The Balaban J connectivity index is 1.42. The van der Waals surface area contributed by atoms with Crippen molar-refractivity contribution in [2.24, 2.45) is 7.05 Å². The topological polar surface area (TPSA) is 52.8 Å². The van der Waals surface area contributed by atoms with E-state index in [-0.39, 0.29) is 6.10 Å². The molecule has 1 atom stereocenters. The Hall–Kier alpha value is -2.06. The monoisotopic (exact) mass is 476 g/mol. The molecule has 2 heterocycles. The number of hydrogen-bond donors (Lipinski definition) is 0. The third kappa shape index (κ3) is 4.64. The van der Waals surface area contributed by atoms with Crippen molar-refractivity contribution in [2.75, 3.05) is 0 Å². The second kappa shape index (κ2) is 9.39. The van der Waals surface area contributed by atoms with Gasteiger partial charge in [0, 0.05) is 23.7 Å². The van der Waals surface area contributed by atoms with Crippen LogP contribution in [-0.2, 0) is 12.8 Å². The van der Waals surface area contributed by atoms with Crippen molar-refractivity contribution in [2.45, 2.75) is 23.9 Å². The number of thiazole rings is 1. The molecule has 5 nitrogen and oxygen atoms in total. The van der Waals surface area contributed by atoms with Gasteiger partial charge in [0.2, 0.25) is 0 Å². The smallest absolute Gasteiger partial charge is 0.191 e. The number of rotatable bonds is 7. The standard InChI is InChI=1S/C21H18Cl2N4OS2/c1-13(28-18-10-6-5-9-17(18)23)19-25-26-21(27(19)2)30-12-14-11-29-20(24-14)15-7-3-4-8-16(15)22/h3-11,13H,12H2,1-2H3. The van der Waals surface area contributed by atoms with E-state index in [0.717, 1.165) is 27.2 Å². The van der Waals surface area contributed by atoms with Crippen LogP contribution < -0.4 is 4.74 Å². The van der Waals surface area contributed by atoms with Gasteiger partial charge in [-0.15, -0.1) is 21.5 Å². The van der Waals surface area contributed by atoms with E-state index >= 15 is 0 Å². The molecule has 2 aromatic carbocycles. The van der Waals surface area contributed by atoms with E-state index in [9.17, 15) is 0 Å². The molecular weight excluding hydrogens is 459 g/mol. The fraction of sp³-hybridized carbons (Fsp3) is 0.190. The molecule has 0 spiro atoms. The highest BCUT2D eigenvalue weighted by molar-refractivity contribution is 7.98. The molecule has 1 unspecified atom stereocenters. The van der Waals surface area contributed by atoms with Crippen LogP contribution in [0.1, 0.15) is 24.5 Å². The number of thioether (sulfide) groups is 1. The molecule has 2 aromatic heterocycles. The molecule has 0 aliphatic carbocycles. The molecule has 0 aliphatic rings. The van der Waals surface area contributed by atoms with Crippen molar-refractivity contribution in [3.63, 3.8) is 0 Å². The summed E-state index contributed by atoms with van der Waals surface area (Å²) in [6.45, 7) is 1.93.